The van der Waals surface area contributed by atoms with Crippen LogP contribution in [0.25, 0.3) is 0 Å². The zero-order valence-electron chi connectivity index (χ0n) is 12.3. The smallest absolute Gasteiger partial charge is 0.254 e. The highest BCUT2D eigenvalue weighted by molar-refractivity contribution is 5.95. The molecule has 3 rings (SSSR count). The summed E-state index contributed by atoms with van der Waals surface area (Å²) in [6.45, 7) is 4.56. The number of rotatable bonds is 2. The van der Waals surface area contributed by atoms with Crippen molar-refractivity contribution in [3.8, 4) is 0 Å². The van der Waals surface area contributed by atoms with Gasteiger partial charge in [-0.1, -0.05) is 5.16 Å². The van der Waals surface area contributed by atoms with E-state index in [-0.39, 0.29) is 11.9 Å². The highest BCUT2D eigenvalue weighted by Crippen LogP contribution is 2.33. The predicted molar refractivity (Wildman–Crippen MR) is 79.8 cm³/mol. The third-order valence-corrected chi connectivity index (χ3v) is 3.83. The van der Waals surface area contributed by atoms with Crippen molar-refractivity contribution >= 4 is 11.6 Å². The molecular formula is C16H19N3O2. The van der Waals surface area contributed by atoms with Gasteiger partial charge in [-0.2, -0.15) is 0 Å². The fourth-order valence-corrected chi connectivity index (χ4v) is 2.95. The molecule has 1 aromatic heterocycles. The van der Waals surface area contributed by atoms with Crippen LogP contribution in [0.15, 0.2) is 28.8 Å². The van der Waals surface area contributed by atoms with Gasteiger partial charge in [0.2, 0.25) is 0 Å². The summed E-state index contributed by atoms with van der Waals surface area (Å²) in [5.74, 6) is 0.765. The summed E-state index contributed by atoms with van der Waals surface area (Å²) in [5, 5.41) is 3.92. The number of nitrogen functional groups attached to an aromatic ring is 1. The first-order valence-electron chi connectivity index (χ1n) is 7.16. The minimum Gasteiger partial charge on any atom is -0.399 e. The molecule has 0 saturated carbocycles. The van der Waals surface area contributed by atoms with Gasteiger partial charge in [0.1, 0.15) is 0 Å². The number of carbonyl (C=O) groups excluding carboxylic acids is 1. The fourth-order valence-electron chi connectivity index (χ4n) is 2.95. The quantitative estimate of drug-likeness (QED) is 0.861. The predicted octanol–water partition coefficient (Wildman–Crippen LogP) is 2.85. The monoisotopic (exact) mass is 285 g/mol. The number of carbonyl (C=O) groups is 1. The lowest BCUT2D eigenvalue weighted by Gasteiger charge is -2.23. The van der Waals surface area contributed by atoms with E-state index in [1.165, 1.54) is 0 Å². The lowest BCUT2D eigenvalue weighted by atomic mass is 10.1. The van der Waals surface area contributed by atoms with Crippen molar-refractivity contribution in [1.29, 1.82) is 0 Å². The molecule has 1 aliphatic rings. The van der Waals surface area contributed by atoms with Crippen LogP contribution in [0.1, 0.15) is 46.3 Å². The Kier molecular flexibility index (Phi) is 3.41. The zero-order valence-corrected chi connectivity index (χ0v) is 12.3. The number of likely N-dealkylation sites (tertiary alicyclic amines) is 1. The molecule has 0 radical (unpaired) electrons. The molecule has 0 spiro atoms. The van der Waals surface area contributed by atoms with E-state index in [1.54, 1.807) is 6.07 Å². The van der Waals surface area contributed by atoms with Gasteiger partial charge in [0.05, 0.1) is 11.7 Å². The first-order valence-corrected chi connectivity index (χ1v) is 7.16. The Bertz CT molecular complexity index is 658. The van der Waals surface area contributed by atoms with E-state index < -0.39 is 0 Å². The average molecular weight is 285 g/mol. The molecule has 110 valence electrons. The van der Waals surface area contributed by atoms with Gasteiger partial charge in [0, 0.05) is 23.9 Å². The standard InChI is InChI=1S/C16H19N3O2/c1-10-6-12(9-13(17)7-10)16(20)19-5-3-4-14(19)15-8-11(2)18-21-15/h6-9,14H,3-5,17H2,1-2H3. The maximum absolute atomic E-state index is 12.8. The Hall–Kier alpha value is -2.30. The number of benzene rings is 1. The Balaban J connectivity index is 1.89. The van der Waals surface area contributed by atoms with Crippen LogP contribution in [0.3, 0.4) is 0 Å². The van der Waals surface area contributed by atoms with Crippen molar-refractivity contribution in [2.24, 2.45) is 0 Å². The van der Waals surface area contributed by atoms with Crippen molar-refractivity contribution in [3.63, 3.8) is 0 Å². The lowest BCUT2D eigenvalue weighted by molar-refractivity contribution is 0.0714. The average Bonchev–Trinajstić information content (AvgIpc) is 3.04. The van der Waals surface area contributed by atoms with E-state index in [1.807, 2.05) is 36.9 Å². The first-order chi connectivity index (χ1) is 10.0. The Morgan fingerprint density at radius 3 is 2.81 bits per heavy atom. The summed E-state index contributed by atoms with van der Waals surface area (Å²) >= 11 is 0. The maximum atomic E-state index is 12.8. The molecule has 0 bridgehead atoms. The topological polar surface area (TPSA) is 72.4 Å². The van der Waals surface area contributed by atoms with Crippen molar-refractivity contribution in [2.45, 2.75) is 32.7 Å². The number of hydrogen-bond acceptors (Lipinski definition) is 4. The van der Waals surface area contributed by atoms with E-state index in [0.717, 1.165) is 36.4 Å². The number of aryl methyl sites for hydroxylation is 2. The van der Waals surface area contributed by atoms with Crippen LogP contribution in [-0.2, 0) is 0 Å². The van der Waals surface area contributed by atoms with Crippen molar-refractivity contribution in [3.05, 3.63) is 46.8 Å². The molecule has 1 fully saturated rings. The van der Waals surface area contributed by atoms with Gasteiger partial charge in [0.25, 0.3) is 5.91 Å². The number of nitrogens with zero attached hydrogens (tertiary/aromatic N) is 2. The molecule has 1 aromatic carbocycles. The third kappa shape index (κ3) is 2.63. The number of amides is 1. The van der Waals surface area contributed by atoms with Crippen molar-refractivity contribution < 1.29 is 9.32 Å². The van der Waals surface area contributed by atoms with Crippen LogP contribution in [0.4, 0.5) is 5.69 Å². The summed E-state index contributed by atoms with van der Waals surface area (Å²) in [7, 11) is 0. The van der Waals surface area contributed by atoms with Gasteiger partial charge < -0.3 is 15.2 Å². The minimum absolute atomic E-state index is 0.00181. The van der Waals surface area contributed by atoms with Gasteiger partial charge in [-0.05, 0) is 50.5 Å². The summed E-state index contributed by atoms with van der Waals surface area (Å²) in [6, 6.07) is 7.34. The van der Waals surface area contributed by atoms with Crippen LogP contribution in [0.2, 0.25) is 0 Å². The van der Waals surface area contributed by atoms with Gasteiger partial charge in [-0.15, -0.1) is 0 Å². The molecule has 1 aliphatic heterocycles. The maximum Gasteiger partial charge on any atom is 0.254 e. The molecule has 2 heterocycles. The third-order valence-electron chi connectivity index (χ3n) is 3.83. The first kappa shape index (κ1) is 13.7. The van der Waals surface area contributed by atoms with Crippen LogP contribution in [0, 0.1) is 13.8 Å². The highest BCUT2D eigenvalue weighted by atomic mass is 16.5. The summed E-state index contributed by atoms with van der Waals surface area (Å²) in [6.07, 6.45) is 1.87. The SMILES string of the molecule is Cc1cc(N)cc(C(=O)N2CCCC2c2cc(C)no2)c1. The molecule has 21 heavy (non-hydrogen) atoms. The summed E-state index contributed by atoms with van der Waals surface area (Å²) in [5.41, 5.74) is 8.92. The summed E-state index contributed by atoms with van der Waals surface area (Å²) in [4.78, 5) is 14.6. The number of aromatic nitrogens is 1. The van der Waals surface area contributed by atoms with E-state index in [4.69, 9.17) is 10.3 Å². The number of nitrogens with two attached hydrogens (primary N) is 1. The second kappa shape index (κ2) is 5.24. The lowest BCUT2D eigenvalue weighted by Crippen LogP contribution is -2.30. The molecule has 2 N–H and O–H groups in total. The molecule has 1 unspecified atom stereocenters. The van der Waals surface area contributed by atoms with Crippen LogP contribution in [-0.4, -0.2) is 22.5 Å². The molecular weight excluding hydrogens is 266 g/mol. The zero-order chi connectivity index (χ0) is 15.0. The van der Waals surface area contributed by atoms with Crippen LogP contribution >= 0.6 is 0 Å². The van der Waals surface area contributed by atoms with Gasteiger partial charge >= 0.3 is 0 Å². The van der Waals surface area contributed by atoms with E-state index in [2.05, 4.69) is 5.16 Å². The van der Waals surface area contributed by atoms with Crippen molar-refractivity contribution in [2.75, 3.05) is 12.3 Å². The second-order valence-electron chi connectivity index (χ2n) is 5.66. The largest absolute Gasteiger partial charge is 0.399 e. The number of hydrogen-bond donors (Lipinski definition) is 1. The fraction of sp³-hybridized carbons (Fsp3) is 0.375. The van der Waals surface area contributed by atoms with Crippen LogP contribution in [0.5, 0.6) is 0 Å². The highest BCUT2D eigenvalue weighted by Gasteiger charge is 2.33. The van der Waals surface area contributed by atoms with E-state index in [9.17, 15) is 4.79 Å². The van der Waals surface area contributed by atoms with Crippen LogP contribution < -0.4 is 5.73 Å². The van der Waals surface area contributed by atoms with Gasteiger partial charge in [0.15, 0.2) is 5.76 Å². The molecule has 5 nitrogen and oxygen atoms in total. The molecule has 1 atom stereocenters. The Morgan fingerprint density at radius 2 is 2.14 bits per heavy atom. The van der Waals surface area contributed by atoms with Crippen molar-refractivity contribution in [1.82, 2.24) is 10.1 Å². The Labute approximate surface area is 123 Å². The second-order valence-corrected chi connectivity index (χ2v) is 5.66. The van der Waals surface area contributed by atoms with E-state index >= 15 is 0 Å². The van der Waals surface area contributed by atoms with Gasteiger partial charge in [-0.25, -0.2) is 0 Å². The van der Waals surface area contributed by atoms with Gasteiger partial charge in [-0.3, -0.25) is 4.79 Å². The Morgan fingerprint density at radius 1 is 1.33 bits per heavy atom. The number of anilines is 1. The summed E-state index contributed by atoms with van der Waals surface area (Å²) < 4.78 is 5.34. The molecule has 0 aliphatic carbocycles. The molecule has 2 aromatic rings. The normalized spacial score (nSPS) is 18.2. The molecule has 5 heteroatoms. The molecule has 1 amide bonds. The minimum atomic E-state index is -0.0274. The molecule has 1 saturated heterocycles. The van der Waals surface area contributed by atoms with E-state index in [0.29, 0.717) is 11.3 Å².